The van der Waals surface area contributed by atoms with E-state index in [0.29, 0.717) is 12.2 Å². The van der Waals surface area contributed by atoms with Gasteiger partial charge in [0.2, 0.25) is 0 Å². The van der Waals surface area contributed by atoms with E-state index in [1.807, 2.05) is 23.8 Å². The highest BCUT2D eigenvalue weighted by Crippen LogP contribution is 2.18. The maximum absolute atomic E-state index is 11.4. The van der Waals surface area contributed by atoms with Crippen LogP contribution in [0.1, 0.15) is 19.4 Å². The van der Waals surface area contributed by atoms with Crippen molar-refractivity contribution in [3.8, 4) is 0 Å². The molecular formula is C10H12O2S. The highest BCUT2D eigenvalue weighted by atomic mass is 32.1. The number of esters is 1. The third kappa shape index (κ3) is 2.42. The molecule has 0 N–H and O–H groups in total. The molecular weight excluding hydrogens is 184 g/mol. The maximum atomic E-state index is 11.4. The minimum absolute atomic E-state index is 0.247. The first-order chi connectivity index (χ1) is 6.29. The summed E-state index contributed by atoms with van der Waals surface area (Å²) in [6.45, 7) is 4.06. The molecule has 1 rings (SSSR count). The Bertz CT molecular complexity index is 299. The Labute approximate surface area is 81.8 Å². The summed E-state index contributed by atoms with van der Waals surface area (Å²) in [4.78, 5) is 11.4. The van der Waals surface area contributed by atoms with E-state index in [0.717, 1.165) is 5.56 Å². The normalized spacial score (nSPS) is 11.4. The Balaban J connectivity index is 2.82. The topological polar surface area (TPSA) is 26.3 Å². The van der Waals surface area contributed by atoms with E-state index in [2.05, 4.69) is 0 Å². The van der Waals surface area contributed by atoms with Crippen LogP contribution in [0.15, 0.2) is 22.9 Å². The molecule has 0 radical (unpaired) electrons. The number of carbonyl (C=O) groups excluding carboxylic acids is 1. The van der Waals surface area contributed by atoms with Crippen LogP contribution in [0.25, 0.3) is 5.57 Å². The summed E-state index contributed by atoms with van der Waals surface area (Å²) in [7, 11) is 0. The van der Waals surface area contributed by atoms with Crippen LogP contribution in [0.3, 0.4) is 0 Å². The zero-order valence-corrected chi connectivity index (χ0v) is 8.56. The summed E-state index contributed by atoms with van der Waals surface area (Å²) in [6.07, 6.45) is 1.78. The van der Waals surface area contributed by atoms with Gasteiger partial charge in [-0.15, -0.1) is 0 Å². The monoisotopic (exact) mass is 196 g/mol. The molecule has 0 unspecified atom stereocenters. The zero-order chi connectivity index (χ0) is 9.68. The number of rotatable bonds is 3. The Hall–Kier alpha value is -1.09. The zero-order valence-electron chi connectivity index (χ0n) is 7.74. The van der Waals surface area contributed by atoms with Crippen LogP contribution in [-0.2, 0) is 9.53 Å². The van der Waals surface area contributed by atoms with Crippen molar-refractivity contribution in [3.63, 3.8) is 0 Å². The summed E-state index contributed by atoms with van der Waals surface area (Å²) < 4.78 is 4.92. The lowest BCUT2D eigenvalue weighted by atomic mass is 10.1. The third-order valence-electron chi connectivity index (χ3n) is 1.62. The Morgan fingerprint density at radius 3 is 2.92 bits per heavy atom. The Kier molecular flexibility index (Phi) is 3.71. The summed E-state index contributed by atoms with van der Waals surface area (Å²) in [5, 5.41) is 3.88. The Morgan fingerprint density at radius 1 is 1.69 bits per heavy atom. The molecule has 0 aliphatic rings. The van der Waals surface area contributed by atoms with Gasteiger partial charge in [-0.05, 0) is 36.2 Å². The van der Waals surface area contributed by atoms with Crippen molar-refractivity contribution in [1.29, 1.82) is 0 Å². The van der Waals surface area contributed by atoms with Gasteiger partial charge in [0.1, 0.15) is 0 Å². The summed E-state index contributed by atoms with van der Waals surface area (Å²) in [5.74, 6) is -0.247. The number of ether oxygens (including phenoxy) is 1. The minimum atomic E-state index is -0.247. The van der Waals surface area contributed by atoms with Crippen LogP contribution < -0.4 is 0 Å². The second kappa shape index (κ2) is 4.82. The molecule has 0 saturated carbocycles. The van der Waals surface area contributed by atoms with Crippen molar-refractivity contribution in [2.75, 3.05) is 6.61 Å². The molecule has 0 saturated heterocycles. The van der Waals surface area contributed by atoms with Crippen molar-refractivity contribution in [2.24, 2.45) is 0 Å². The predicted molar refractivity (Wildman–Crippen MR) is 54.6 cm³/mol. The fourth-order valence-electron chi connectivity index (χ4n) is 1.03. The van der Waals surface area contributed by atoms with Crippen LogP contribution >= 0.6 is 11.3 Å². The fourth-order valence-corrected chi connectivity index (χ4v) is 1.68. The summed E-state index contributed by atoms with van der Waals surface area (Å²) in [5.41, 5.74) is 1.58. The highest BCUT2D eigenvalue weighted by Gasteiger charge is 2.11. The van der Waals surface area contributed by atoms with Crippen molar-refractivity contribution in [3.05, 3.63) is 28.5 Å². The van der Waals surface area contributed by atoms with Gasteiger partial charge in [0.25, 0.3) is 0 Å². The van der Waals surface area contributed by atoms with Gasteiger partial charge in [-0.25, -0.2) is 4.79 Å². The molecule has 0 aliphatic carbocycles. The molecule has 0 amide bonds. The molecule has 70 valence electrons. The minimum Gasteiger partial charge on any atom is -0.462 e. The predicted octanol–water partition coefficient (Wildman–Crippen LogP) is 2.71. The number of hydrogen-bond acceptors (Lipinski definition) is 3. The highest BCUT2D eigenvalue weighted by molar-refractivity contribution is 7.08. The number of allylic oxidation sites excluding steroid dienone is 1. The van der Waals surface area contributed by atoms with Crippen LogP contribution in [0.2, 0.25) is 0 Å². The number of thiophene rings is 1. The third-order valence-corrected chi connectivity index (χ3v) is 2.30. The van der Waals surface area contributed by atoms with Crippen LogP contribution in [0.4, 0.5) is 0 Å². The Morgan fingerprint density at radius 2 is 2.46 bits per heavy atom. The largest absolute Gasteiger partial charge is 0.462 e. The first-order valence-corrected chi connectivity index (χ1v) is 5.09. The van der Waals surface area contributed by atoms with E-state index in [4.69, 9.17) is 4.74 Å². The van der Waals surface area contributed by atoms with Crippen LogP contribution in [-0.4, -0.2) is 12.6 Å². The molecule has 0 aromatic carbocycles. The van der Waals surface area contributed by atoms with E-state index < -0.39 is 0 Å². The maximum Gasteiger partial charge on any atom is 0.338 e. The molecule has 0 atom stereocenters. The molecule has 1 aromatic heterocycles. The molecule has 0 aliphatic heterocycles. The lowest BCUT2D eigenvalue weighted by molar-refractivity contribution is -0.136. The van der Waals surface area contributed by atoms with Crippen LogP contribution in [0, 0.1) is 0 Å². The lowest BCUT2D eigenvalue weighted by Gasteiger charge is -2.03. The van der Waals surface area contributed by atoms with Crippen molar-refractivity contribution in [2.45, 2.75) is 13.8 Å². The lowest BCUT2D eigenvalue weighted by Crippen LogP contribution is -2.05. The van der Waals surface area contributed by atoms with Crippen molar-refractivity contribution >= 4 is 22.9 Å². The van der Waals surface area contributed by atoms with Gasteiger partial charge in [0.15, 0.2) is 0 Å². The van der Waals surface area contributed by atoms with E-state index in [-0.39, 0.29) is 5.97 Å². The molecule has 2 nitrogen and oxygen atoms in total. The average Bonchev–Trinajstić information content (AvgIpc) is 2.59. The molecule has 13 heavy (non-hydrogen) atoms. The fraction of sp³-hybridized carbons (Fsp3) is 0.300. The number of carbonyl (C=O) groups is 1. The molecule has 0 spiro atoms. The molecule has 1 aromatic rings. The smallest absolute Gasteiger partial charge is 0.338 e. The average molecular weight is 196 g/mol. The van der Waals surface area contributed by atoms with Crippen molar-refractivity contribution < 1.29 is 9.53 Å². The number of hydrogen-bond donors (Lipinski definition) is 0. The first kappa shape index (κ1) is 9.99. The quantitative estimate of drug-likeness (QED) is 0.549. The van der Waals surface area contributed by atoms with Crippen LogP contribution in [0.5, 0.6) is 0 Å². The van der Waals surface area contributed by atoms with Gasteiger partial charge >= 0.3 is 5.97 Å². The van der Waals surface area contributed by atoms with E-state index >= 15 is 0 Å². The molecule has 1 heterocycles. The SMILES string of the molecule is CC=C(C(=O)OCC)c1ccsc1. The van der Waals surface area contributed by atoms with Gasteiger partial charge in [-0.1, -0.05) is 6.08 Å². The second-order valence-electron chi connectivity index (χ2n) is 2.43. The second-order valence-corrected chi connectivity index (χ2v) is 3.21. The first-order valence-electron chi connectivity index (χ1n) is 4.15. The van der Waals surface area contributed by atoms with E-state index in [9.17, 15) is 4.79 Å². The van der Waals surface area contributed by atoms with Gasteiger partial charge in [0.05, 0.1) is 12.2 Å². The van der Waals surface area contributed by atoms with Crippen molar-refractivity contribution in [1.82, 2.24) is 0 Å². The summed E-state index contributed by atoms with van der Waals surface area (Å²) >= 11 is 1.57. The van der Waals surface area contributed by atoms with E-state index in [1.165, 1.54) is 0 Å². The molecule has 0 fully saturated rings. The van der Waals surface area contributed by atoms with Gasteiger partial charge in [0, 0.05) is 0 Å². The molecule has 0 bridgehead atoms. The van der Waals surface area contributed by atoms with E-state index in [1.54, 1.807) is 24.3 Å². The molecule has 3 heteroatoms. The summed E-state index contributed by atoms with van der Waals surface area (Å²) in [6, 6.07) is 1.91. The standard InChI is InChI=1S/C10H12O2S/c1-3-9(10(11)12-4-2)8-5-6-13-7-8/h3,5-7H,4H2,1-2H3. The van der Waals surface area contributed by atoms with Gasteiger partial charge in [-0.2, -0.15) is 11.3 Å². The van der Waals surface area contributed by atoms with Gasteiger partial charge in [-0.3, -0.25) is 0 Å². The van der Waals surface area contributed by atoms with Gasteiger partial charge < -0.3 is 4.74 Å².